The highest BCUT2D eigenvalue weighted by Crippen LogP contribution is 2.53. The van der Waals surface area contributed by atoms with Crippen molar-refractivity contribution in [1.82, 2.24) is 13.7 Å². The molecule has 0 fully saturated rings. The number of hydrogen-bond donors (Lipinski definition) is 0. The molecule has 92 heavy (non-hydrogen) atoms. The Kier molecular flexibility index (Phi) is 8.97. The van der Waals surface area contributed by atoms with Crippen LogP contribution in [0.4, 0.5) is 17.1 Å². The van der Waals surface area contributed by atoms with E-state index in [1.54, 1.807) is 20.9 Å². The van der Waals surface area contributed by atoms with E-state index in [0.717, 1.165) is 110 Å². The average molecular weight is 1210 g/mol. The molecule has 0 saturated heterocycles. The average Bonchev–Trinajstić information content (AvgIpc) is 1.24. The lowest BCUT2D eigenvalue weighted by atomic mass is 9.34. The van der Waals surface area contributed by atoms with Gasteiger partial charge in [-0.1, -0.05) is 259 Å². The first kappa shape index (κ1) is 40.3. The zero-order chi connectivity index (χ0) is 75.6. The van der Waals surface area contributed by atoms with Gasteiger partial charge in [0.2, 0.25) is 6.71 Å². The zero-order valence-electron chi connectivity index (χ0n) is 67.2. The standard InChI is InChI=1S/C86H65BN4S/c1-85(2,3)58-47-56(48-59(51-58)86(4,5)6)57-49-79-82-80(50-57)92-84-71(44-46-77-81(84)69-52-61(42-45-76(69)88(77)60-29-14-9-15-30-60)89-72-37-20-16-31-65(72)66-32-17-21-38-73(66)89)87(82)70-43-41-62(90-74-39-22-18-33-67(74)68-34-19-23-40-75(68)90)53-78(70)91(79)83-63(54-25-10-7-11-26-54)35-24-36-64(83)55-27-12-8-13-28-55/h7-53H,1-6H3/i16D,17D,18D,19D,20D,21D,22D,23D,31D,32D,33D,34D,37D,38D,39D,40D. The molecule has 6 heteroatoms. The molecule has 4 nitrogen and oxygen atoms in total. The predicted molar refractivity (Wildman–Crippen MR) is 393 cm³/mol. The van der Waals surface area contributed by atoms with Gasteiger partial charge in [0.15, 0.2) is 0 Å². The molecular formula is C86H65BN4S. The highest BCUT2D eigenvalue weighted by atomic mass is 32.2. The van der Waals surface area contributed by atoms with E-state index < -0.39 is 103 Å². The molecule has 2 aliphatic rings. The maximum atomic E-state index is 9.76. The number of rotatable bonds is 7. The Bertz CT molecular complexity index is 6450. The first-order chi connectivity index (χ1) is 51.6. The summed E-state index contributed by atoms with van der Waals surface area (Å²) in [5.74, 6) is 0. The molecule has 0 atom stereocenters. The van der Waals surface area contributed by atoms with Gasteiger partial charge in [-0.2, -0.15) is 0 Å². The summed E-state index contributed by atoms with van der Waals surface area (Å²) >= 11 is 1.65. The van der Waals surface area contributed by atoms with E-state index >= 15 is 0 Å². The number of para-hydroxylation sites is 6. The number of hydrogen-bond acceptors (Lipinski definition) is 2. The Morgan fingerprint density at radius 3 is 1.37 bits per heavy atom. The van der Waals surface area contributed by atoms with Crippen LogP contribution in [0.15, 0.2) is 295 Å². The largest absolute Gasteiger partial charge is 0.310 e. The van der Waals surface area contributed by atoms with Crippen molar-refractivity contribution in [3.63, 3.8) is 0 Å². The fraction of sp³-hybridized carbons (Fsp3) is 0.0930. The molecule has 18 rings (SSSR count). The minimum Gasteiger partial charge on any atom is -0.310 e. The summed E-state index contributed by atoms with van der Waals surface area (Å²) < 4.78 is 154. The second kappa shape index (κ2) is 20.5. The van der Waals surface area contributed by atoms with E-state index in [0.29, 0.717) is 17.1 Å². The summed E-state index contributed by atoms with van der Waals surface area (Å²) in [4.78, 5) is 4.17. The lowest BCUT2D eigenvalue weighted by Gasteiger charge is -2.42. The Hall–Kier alpha value is -10.5. The van der Waals surface area contributed by atoms with Crippen molar-refractivity contribution >= 4 is 117 Å². The van der Waals surface area contributed by atoms with Gasteiger partial charge in [-0.05, 0) is 140 Å². The topological polar surface area (TPSA) is 18.0 Å². The third kappa shape index (κ3) is 8.32. The van der Waals surface area contributed by atoms with Crippen LogP contribution in [0.25, 0.3) is 116 Å². The van der Waals surface area contributed by atoms with E-state index in [2.05, 4.69) is 142 Å². The normalized spacial score (nSPS) is 15.5. The van der Waals surface area contributed by atoms with E-state index in [1.165, 1.54) is 0 Å². The van der Waals surface area contributed by atoms with Crippen molar-refractivity contribution in [2.45, 2.75) is 62.2 Å². The molecule has 5 heterocycles. The summed E-state index contributed by atoms with van der Waals surface area (Å²) in [5.41, 5.74) is 15.5. The molecular weight excluding hydrogens is 1130 g/mol. The summed E-state index contributed by atoms with van der Waals surface area (Å²) in [6.45, 7) is 12.8. The van der Waals surface area contributed by atoms with Gasteiger partial charge in [-0.3, -0.25) is 0 Å². The molecule has 0 amide bonds. The first-order valence-electron chi connectivity index (χ1n) is 39.0. The molecule has 0 unspecified atom stereocenters. The van der Waals surface area contributed by atoms with Crippen LogP contribution in [0.2, 0.25) is 0 Å². The fourth-order valence-corrected chi connectivity index (χ4v) is 15.7. The number of aromatic nitrogens is 3. The van der Waals surface area contributed by atoms with Crippen LogP contribution >= 0.6 is 11.8 Å². The first-order valence-corrected chi connectivity index (χ1v) is 31.8. The van der Waals surface area contributed by atoms with E-state index in [1.807, 2.05) is 97.1 Å². The number of nitrogens with zero attached hydrogens (tertiary/aromatic N) is 4. The maximum absolute atomic E-state index is 9.76. The van der Waals surface area contributed by atoms with Crippen LogP contribution < -0.4 is 21.3 Å². The highest BCUT2D eigenvalue weighted by Gasteiger charge is 2.44. The molecule has 13 aromatic carbocycles. The summed E-state index contributed by atoms with van der Waals surface area (Å²) in [7, 11) is 0. The summed E-state index contributed by atoms with van der Waals surface area (Å²) in [5, 5.41) is 1.42. The molecule has 2 aliphatic heterocycles. The SMILES string of the molecule is [2H]c1c([2H])c([2H])c2c(c1[2H])c1c([2H])c([2H])c([2H])c([2H])c1n2-c1ccc2c(c1)N(c1c(-c3ccccc3)cccc1-c1ccccc1)c1cc(-c3cc(C(C)(C)C)cc(C(C)(C)C)c3)cc3c1B2c1ccc2c(c1S3)c1cc(-n3c4c([2H])c([2H])c([2H])c([2H])c4c4c([2H])c([2H])c([2H])c([2H])c43)ccc1n2-c1ccccc1. The van der Waals surface area contributed by atoms with Crippen LogP contribution in [0, 0.1) is 0 Å². The molecule has 3 aromatic heterocycles. The van der Waals surface area contributed by atoms with Crippen molar-refractivity contribution in [1.29, 1.82) is 0 Å². The van der Waals surface area contributed by atoms with Gasteiger partial charge in [-0.25, -0.2) is 0 Å². The Balaban J connectivity index is 1.02. The highest BCUT2D eigenvalue weighted by molar-refractivity contribution is 8.00. The van der Waals surface area contributed by atoms with E-state index in [9.17, 15) is 13.7 Å². The third-order valence-corrected chi connectivity index (χ3v) is 19.9. The molecule has 0 N–H and O–H groups in total. The molecule has 438 valence electrons. The van der Waals surface area contributed by atoms with Gasteiger partial charge in [-0.15, -0.1) is 0 Å². The quantitative estimate of drug-likeness (QED) is 0.148. The van der Waals surface area contributed by atoms with Crippen molar-refractivity contribution < 1.29 is 21.9 Å². The summed E-state index contributed by atoms with van der Waals surface area (Å²) in [6.07, 6.45) is 0. The van der Waals surface area contributed by atoms with Crippen LogP contribution in [-0.4, -0.2) is 20.4 Å². The molecule has 16 aromatic rings. The number of anilines is 3. The zero-order valence-corrected chi connectivity index (χ0v) is 52.0. The lowest BCUT2D eigenvalue weighted by Crippen LogP contribution is -2.60. The van der Waals surface area contributed by atoms with Gasteiger partial charge < -0.3 is 18.6 Å². The molecule has 0 spiro atoms. The predicted octanol–water partition coefficient (Wildman–Crippen LogP) is 21.3. The Morgan fingerprint density at radius 2 is 0.826 bits per heavy atom. The minimum atomic E-state index is -0.588. The molecule has 0 aliphatic carbocycles. The molecule has 0 radical (unpaired) electrons. The number of benzene rings is 13. The number of fused-ring (bicyclic) bond motifs is 14. The van der Waals surface area contributed by atoms with E-state index in [4.69, 9.17) is 8.22 Å². The van der Waals surface area contributed by atoms with Crippen LogP contribution in [0.5, 0.6) is 0 Å². The lowest BCUT2D eigenvalue weighted by molar-refractivity contribution is 0.569. The van der Waals surface area contributed by atoms with Gasteiger partial charge in [0.1, 0.15) is 0 Å². The second-order valence-corrected chi connectivity index (χ2v) is 27.1. The fourth-order valence-electron chi connectivity index (χ4n) is 14.3. The maximum Gasteiger partial charge on any atom is 0.249 e. The van der Waals surface area contributed by atoms with Crippen molar-refractivity contribution in [2.75, 3.05) is 4.90 Å². The van der Waals surface area contributed by atoms with Crippen LogP contribution in [0.1, 0.15) is 74.6 Å². The van der Waals surface area contributed by atoms with Crippen LogP contribution in [-0.2, 0) is 10.8 Å². The third-order valence-electron chi connectivity index (χ3n) is 18.7. The molecule has 0 saturated carbocycles. The van der Waals surface area contributed by atoms with Gasteiger partial charge in [0, 0.05) is 81.7 Å². The van der Waals surface area contributed by atoms with Crippen LogP contribution in [0.3, 0.4) is 0 Å². The van der Waals surface area contributed by atoms with Crippen molar-refractivity contribution in [3.05, 3.63) is 296 Å². The monoisotopic (exact) mass is 1210 g/mol. The van der Waals surface area contributed by atoms with Crippen molar-refractivity contribution in [2.24, 2.45) is 0 Å². The van der Waals surface area contributed by atoms with Gasteiger partial charge in [0.05, 0.1) is 60.7 Å². The van der Waals surface area contributed by atoms with Gasteiger partial charge in [0.25, 0.3) is 0 Å². The Morgan fingerprint density at radius 1 is 0.359 bits per heavy atom. The van der Waals surface area contributed by atoms with Gasteiger partial charge >= 0.3 is 0 Å². The van der Waals surface area contributed by atoms with E-state index in [-0.39, 0.29) is 54.4 Å². The smallest absolute Gasteiger partial charge is 0.249 e. The second-order valence-electron chi connectivity index (χ2n) is 26.1. The Labute approximate surface area is 563 Å². The van der Waals surface area contributed by atoms with Crippen molar-refractivity contribution in [3.8, 4) is 50.4 Å². The molecule has 0 bridgehead atoms. The summed E-state index contributed by atoms with van der Waals surface area (Å²) in [6, 6.07) is 56.6. The minimum absolute atomic E-state index is 0.00157.